The van der Waals surface area contributed by atoms with Crippen LogP contribution in [0, 0.1) is 0 Å². The first-order valence-electron chi connectivity index (χ1n) is 6.26. The zero-order valence-electron chi connectivity index (χ0n) is 10.8. The van der Waals surface area contributed by atoms with E-state index in [-0.39, 0.29) is 6.04 Å². The van der Waals surface area contributed by atoms with Crippen LogP contribution in [0.1, 0.15) is 28.6 Å². The average Bonchev–Trinajstić information content (AvgIpc) is 3.04. The van der Waals surface area contributed by atoms with Gasteiger partial charge in [0, 0.05) is 13.5 Å². The second kappa shape index (κ2) is 5.08. The van der Waals surface area contributed by atoms with E-state index in [1.807, 2.05) is 7.05 Å². The number of hydrazine groups is 1. The van der Waals surface area contributed by atoms with E-state index in [2.05, 4.69) is 33.7 Å². The standard InChI is InChI=1S/C13H17N5O/c1-18-13(15-8-16-18)5-12(17-14)9-2-3-10-6-19-7-11(10)4-9/h2-4,8,12,17H,5-7,14H2,1H3. The van der Waals surface area contributed by atoms with Crippen LogP contribution in [-0.4, -0.2) is 14.8 Å². The van der Waals surface area contributed by atoms with Gasteiger partial charge in [-0.25, -0.2) is 4.98 Å². The highest BCUT2D eigenvalue weighted by atomic mass is 16.5. The van der Waals surface area contributed by atoms with E-state index in [0.717, 1.165) is 11.4 Å². The number of rotatable bonds is 4. The van der Waals surface area contributed by atoms with Crippen molar-refractivity contribution in [2.24, 2.45) is 12.9 Å². The van der Waals surface area contributed by atoms with Gasteiger partial charge in [0.1, 0.15) is 12.2 Å². The molecule has 1 atom stereocenters. The molecular weight excluding hydrogens is 242 g/mol. The molecule has 2 heterocycles. The molecule has 0 saturated heterocycles. The van der Waals surface area contributed by atoms with Gasteiger partial charge in [-0.15, -0.1) is 0 Å². The Kier molecular flexibility index (Phi) is 3.29. The minimum absolute atomic E-state index is 0.0220. The van der Waals surface area contributed by atoms with E-state index in [4.69, 9.17) is 10.6 Å². The number of hydrogen-bond donors (Lipinski definition) is 2. The molecule has 6 heteroatoms. The monoisotopic (exact) mass is 259 g/mol. The summed E-state index contributed by atoms with van der Waals surface area (Å²) in [7, 11) is 1.88. The van der Waals surface area contributed by atoms with Crippen LogP contribution in [0.15, 0.2) is 24.5 Å². The zero-order chi connectivity index (χ0) is 13.2. The van der Waals surface area contributed by atoms with Crippen molar-refractivity contribution < 1.29 is 4.74 Å². The SMILES string of the molecule is Cn1ncnc1CC(NN)c1ccc2c(c1)COC2. The molecule has 0 fully saturated rings. The fourth-order valence-electron chi connectivity index (χ4n) is 2.37. The van der Waals surface area contributed by atoms with E-state index in [1.54, 1.807) is 11.0 Å². The summed E-state index contributed by atoms with van der Waals surface area (Å²) >= 11 is 0. The number of hydrogen-bond acceptors (Lipinski definition) is 5. The third-order valence-electron chi connectivity index (χ3n) is 3.54. The van der Waals surface area contributed by atoms with Crippen LogP contribution in [0.25, 0.3) is 0 Å². The Labute approximate surface area is 111 Å². The summed E-state index contributed by atoms with van der Waals surface area (Å²) in [5, 5.41) is 4.07. The molecule has 0 radical (unpaired) electrons. The van der Waals surface area contributed by atoms with Gasteiger partial charge in [-0.3, -0.25) is 16.0 Å². The Hall–Kier alpha value is -1.76. The van der Waals surface area contributed by atoms with Crippen LogP contribution in [0.3, 0.4) is 0 Å². The first kappa shape index (κ1) is 12.3. The number of aryl methyl sites for hydroxylation is 1. The lowest BCUT2D eigenvalue weighted by Gasteiger charge is -2.16. The van der Waals surface area contributed by atoms with Crippen LogP contribution in [0.4, 0.5) is 0 Å². The highest BCUT2D eigenvalue weighted by Gasteiger charge is 2.17. The summed E-state index contributed by atoms with van der Waals surface area (Å²) < 4.78 is 7.19. The molecule has 0 amide bonds. The summed E-state index contributed by atoms with van der Waals surface area (Å²) in [6.45, 7) is 1.39. The molecule has 100 valence electrons. The molecule has 6 nitrogen and oxygen atoms in total. The summed E-state index contributed by atoms with van der Waals surface area (Å²) in [5.74, 6) is 6.58. The second-order valence-electron chi connectivity index (χ2n) is 4.74. The van der Waals surface area contributed by atoms with Crippen LogP contribution < -0.4 is 11.3 Å². The average molecular weight is 259 g/mol. The van der Waals surface area contributed by atoms with Crippen molar-refractivity contribution in [1.82, 2.24) is 20.2 Å². The summed E-state index contributed by atoms with van der Waals surface area (Å²) in [4.78, 5) is 4.23. The Morgan fingerprint density at radius 1 is 1.42 bits per heavy atom. The number of nitrogens with zero attached hydrogens (tertiary/aromatic N) is 3. The van der Waals surface area contributed by atoms with Crippen molar-refractivity contribution in [3.8, 4) is 0 Å². The molecule has 0 aliphatic carbocycles. The number of ether oxygens (including phenoxy) is 1. The van der Waals surface area contributed by atoms with Crippen LogP contribution in [0.5, 0.6) is 0 Å². The van der Waals surface area contributed by atoms with Crippen molar-refractivity contribution >= 4 is 0 Å². The van der Waals surface area contributed by atoms with Crippen LogP contribution >= 0.6 is 0 Å². The lowest BCUT2D eigenvalue weighted by molar-refractivity contribution is 0.134. The quantitative estimate of drug-likeness (QED) is 0.621. The molecule has 2 aromatic rings. The fourth-order valence-corrected chi connectivity index (χ4v) is 2.37. The summed E-state index contributed by atoms with van der Waals surface area (Å²) in [6, 6.07) is 6.38. The van der Waals surface area contributed by atoms with Gasteiger partial charge in [0.05, 0.1) is 19.3 Å². The third kappa shape index (κ3) is 2.37. The Balaban J connectivity index is 1.84. The van der Waals surface area contributed by atoms with Gasteiger partial charge >= 0.3 is 0 Å². The predicted octanol–water partition coefficient (Wildman–Crippen LogP) is 0.592. The molecular formula is C13H17N5O. The summed E-state index contributed by atoms with van der Waals surface area (Å²) in [6.07, 6.45) is 2.26. The minimum Gasteiger partial charge on any atom is -0.372 e. The Morgan fingerprint density at radius 2 is 2.26 bits per heavy atom. The number of nitrogens with two attached hydrogens (primary N) is 1. The smallest absolute Gasteiger partial charge is 0.138 e. The molecule has 0 saturated carbocycles. The van der Waals surface area contributed by atoms with Gasteiger partial charge in [0.25, 0.3) is 0 Å². The maximum atomic E-state index is 5.68. The molecule has 0 bridgehead atoms. The van der Waals surface area contributed by atoms with Crippen molar-refractivity contribution in [3.05, 3.63) is 47.0 Å². The van der Waals surface area contributed by atoms with Gasteiger partial charge in [-0.2, -0.15) is 5.10 Å². The van der Waals surface area contributed by atoms with Crippen molar-refractivity contribution in [2.45, 2.75) is 25.7 Å². The van der Waals surface area contributed by atoms with Crippen molar-refractivity contribution in [2.75, 3.05) is 0 Å². The van der Waals surface area contributed by atoms with Gasteiger partial charge in [-0.1, -0.05) is 18.2 Å². The largest absolute Gasteiger partial charge is 0.372 e. The molecule has 1 aromatic heterocycles. The topological polar surface area (TPSA) is 78.0 Å². The van der Waals surface area contributed by atoms with Gasteiger partial charge in [-0.05, 0) is 16.7 Å². The first-order valence-corrected chi connectivity index (χ1v) is 6.26. The minimum atomic E-state index is 0.0220. The number of aromatic nitrogens is 3. The number of benzene rings is 1. The lowest BCUT2D eigenvalue weighted by Crippen LogP contribution is -2.30. The molecule has 1 unspecified atom stereocenters. The summed E-state index contributed by atoms with van der Waals surface area (Å²) in [5.41, 5.74) is 6.51. The zero-order valence-corrected chi connectivity index (χ0v) is 10.8. The second-order valence-corrected chi connectivity index (χ2v) is 4.74. The molecule has 0 spiro atoms. The lowest BCUT2D eigenvalue weighted by atomic mass is 9.99. The third-order valence-corrected chi connectivity index (χ3v) is 3.54. The molecule has 1 aliphatic heterocycles. The first-order chi connectivity index (χ1) is 9.28. The van der Waals surface area contributed by atoms with Crippen LogP contribution in [-0.2, 0) is 31.4 Å². The molecule has 1 aliphatic rings. The highest BCUT2D eigenvalue weighted by Crippen LogP contribution is 2.25. The van der Waals surface area contributed by atoms with E-state index >= 15 is 0 Å². The van der Waals surface area contributed by atoms with Gasteiger partial charge in [0.15, 0.2) is 0 Å². The van der Waals surface area contributed by atoms with Gasteiger partial charge < -0.3 is 4.74 Å². The molecule has 1 aromatic carbocycles. The number of fused-ring (bicyclic) bond motifs is 1. The normalized spacial score (nSPS) is 15.5. The molecule has 3 rings (SSSR count). The maximum Gasteiger partial charge on any atom is 0.138 e. The van der Waals surface area contributed by atoms with Gasteiger partial charge in [0.2, 0.25) is 0 Å². The molecule has 3 N–H and O–H groups in total. The molecule has 19 heavy (non-hydrogen) atoms. The Bertz CT molecular complexity index is 580. The maximum absolute atomic E-state index is 5.68. The predicted molar refractivity (Wildman–Crippen MR) is 69.7 cm³/mol. The van der Waals surface area contributed by atoms with E-state index in [1.165, 1.54) is 11.1 Å². The van der Waals surface area contributed by atoms with Crippen molar-refractivity contribution in [1.29, 1.82) is 0 Å². The number of nitrogens with one attached hydrogen (secondary N) is 1. The highest BCUT2D eigenvalue weighted by molar-refractivity contribution is 5.34. The van der Waals surface area contributed by atoms with E-state index in [0.29, 0.717) is 19.6 Å². The Morgan fingerprint density at radius 3 is 3.00 bits per heavy atom. The fraction of sp³-hybridized carbons (Fsp3) is 0.385. The van der Waals surface area contributed by atoms with E-state index < -0.39 is 0 Å². The van der Waals surface area contributed by atoms with Crippen LogP contribution in [0.2, 0.25) is 0 Å². The van der Waals surface area contributed by atoms with E-state index in [9.17, 15) is 0 Å². The van der Waals surface area contributed by atoms with Crippen molar-refractivity contribution in [3.63, 3.8) is 0 Å².